The molecule has 0 spiro atoms. The Morgan fingerprint density at radius 2 is 1.84 bits per heavy atom. The molecule has 1 aromatic heterocycles. The molecule has 3 rings (SSSR count). The number of aromatic nitrogens is 2. The molecule has 3 aromatic rings. The zero-order chi connectivity index (χ0) is 22.4. The predicted octanol–water partition coefficient (Wildman–Crippen LogP) is 3.31. The zero-order valence-corrected chi connectivity index (χ0v) is 17.2. The number of fused-ring (bicyclic) bond motifs is 1. The van der Waals surface area contributed by atoms with Gasteiger partial charge in [0, 0.05) is 26.1 Å². The fourth-order valence-electron chi connectivity index (χ4n) is 3.43. The van der Waals surface area contributed by atoms with Gasteiger partial charge in [-0.1, -0.05) is 24.3 Å². The second-order valence-corrected chi connectivity index (χ2v) is 7.45. The minimum atomic E-state index is -4.61. The summed E-state index contributed by atoms with van der Waals surface area (Å²) < 4.78 is 46.8. The van der Waals surface area contributed by atoms with Crippen LogP contribution in [0.25, 0.3) is 11.0 Å². The van der Waals surface area contributed by atoms with E-state index >= 15 is 0 Å². The van der Waals surface area contributed by atoms with Crippen molar-refractivity contribution in [3.05, 3.63) is 59.9 Å². The van der Waals surface area contributed by atoms with E-state index in [1.165, 1.54) is 6.07 Å². The lowest BCUT2D eigenvalue weighted by Gasteiger charge is -2.22. The van der Waals surface area contributed by atoms with Gasteiger partial charge in [-0.15, -0.1) is 0 Å². The number of ether oxygens (including phenoxy) is 1. The molecule has 0 bridgehead atoms. The Bertz CT molecular complexity index is 974. The van der Waals surface area contributed by atoms with Crippen LogP contribution < -0.4 is 4.74 Å². The molecule has 0 aliphatic carbocycles. The molecule has 0 saturated carbocycles. The van der Waals surface area contributed by atoms with Crippen molar-refractivity contribution in [2.45, 2.75) is 31.8 Å². The highest BCUT2D eigenvalue weighted by Crippen LogP contribution is 2.31. The second kappa shape index (κ2) is 10.1. The number of aliphatic hydroxyl groups excluding tert-OH is 2. The molecule has 31 heavy (non-hydrogen) atoms. The summed E-state index contributed by atoms with van der Waals surface area (Å²) in [6.07, 6.45) is -5.05. The lowest BCUT2D eigenvalue weighted by Crippen LogP contribution is -2.32. The monoisotopic (exact) mass is 437 g/mol. The van der Waals surface area contributed by atoms with Crippen LogP contribution in [0.4, 0.5) is 13.2 Å². The number of hydrogen-bond acceptors (Lipinski definition) is 5. The minimum Gasteiger partial charge on any atom is -0.494 e. The maximum absolute atomic E-state index is 13.4. The van der Waals surface area contributed by atoms with E-state index in [1.807, 2.05) is 29.2 Å². The van der Waals surface area contributed by atoms with Crippen LogP contribution in [0.15, 0.2) is 48.5 Å². The lowest BCUT2D eigenvalue weighted by atomic mass is 10.2. The van der Waals surface area contributed by atoms with Crippen LogP contribution in [-0.2, 0) is 19.3 Å². The number of imidazole rings is 1. The van der Waals surface area contributed by atoms with Gasteiger partial charge >= 0.3 is 6.18 Å². The summed E-state index contributed by atoms with van der Waals surface area (Å²) in [7, 11) is 1.80. The van der Waals surface area contributed by atoms with Gasteiger partial charge in [0.25, 0.3) is 0 Å². The van der Waals surface area contributed by atoms with Gasteiger partial charge in [-0.3, -0.25) is 4.90 Å². The van der Waals surface area contributed by atoms with Crippen LogP contribution in [0.5, 0.6) is 5.75 Å². The lowest BCUT2D eigenvalue weighted by molar-refractivity contribution is -0.147. The largest absolute Gasteiger partial charge is 0.494 e. The molecular weight excluding hydrogens is 411 g/mol. The summed E-state index contributed by atoms with van der Waals surface area (Å²) in [5.41, 5.74) is 1.57. The van der Waals surface area contributed by atoms with Crippen molar-refractivity contribution >= 4 is 11.0 Å². The highest BCUT2D eigenvalue weighted by Gasteiger charge is 2.38. The first-order valence-corrected chi connectivity index (χ1v) is 9.99. The maximum atomic E-state index is 13.4. The third-order valence-electron chi connectivity index (χ3n) is 4.77. The Labute approximate surface area is 178 Å². The summed E-state index contributed by atoms with van der Waals surface area (Å²) >= 11 is 0. The molecule has 6 nitrogen and oxygen atoms in total. The number of alkyl halides is 3. The number of benzene rings is 2. The molecule has 0 aliphatic rings. The Hall–Kier alpha value is -2.62. The van der Waals surface area contributed by atoms with Gasteiger partial charge in [0.2, 0.25) is 5.82 Å². The van der Waals surface area contributed by atoms with Crippen LogP contribution in [0.1, 0.15) is 17.8 Å². The Morgan fingerprint density at radius 3 is 2.52 bits per heavy atom. The number of rotatable bonds is 10. The molecule has 0 saturated heterocycles. The number of hydrogen-bond donors (Lipinski definition) is 2. The van der Waals surface area contributed by atoms with E-state index in [2.05, 4.69) is 4.98 Å². The Balaban J connectivity index is 1.61. The standard InChI is InChI=1S/C22H26F3N3O3/c1-27(13-16-7-9-18(10-8-16)31-12-4-11-29)14-17(30)15-28-20-6-3-2-5-19(20)26-21(28)22(23,24)25/h2-3,5-10,17,29-30H,4,11-15H2,1H3/t17-/m1/s1. The molecule has 9 heteroatoms. The predicted molar refractivity (Wildman–Crippen MR) is 111 cm³/mol. The van der Waals surface area contributed by atoms with E-state index in [1.54, 1.807) is 25.2 Å². The van der Waals surface area contributed by atoms with Gasteiger partial charge in [0.1, 0.15) is 5.75 Å². The van der Waals surface area contributed by atoms with Gasteiger partial charge in [0.15, 0.2) is 0 Å². The van der Waals surface area contributed by atoms with Gasteiger partial charge < -0.3 is 19.5 Å². The number of aliphatic hydroxyl groups is 2. The topological polar surface area (TPSA) is 70.8 Å². The van der Waals surface area contributed by atoms with Gasteiger partial charge in [0.05, 0.1) is 30.3 Å². The molecule has 2 N–H and O–H groups in total. The smallest absolute Gasteiger partial charge is 0.449 e. The van der Waals surface area contributed by atoms with Crippen molar-refractivity contribution in [2.75, 3.05) is 26.8 Å². The minimum absolute atomic E-state index is 0.0739. The Kier molecular flexibility index (Phi) is 7.53. The fourth-order valence-corrected chi connectivity index (χ4v) is 3.43. The van der Waals surface area contributed by atoms with Crippen molar-refractivity contribution < 1.29 is 28.1 Å². The molecule has 168 valence electrons. The number of para-hydroxylation sites is 2. The molecule has 0 fully saturated rings. The van der Waals surface area contributed by atoms with Crippen LogP contribution in [0, 0.1) is 0 Å². The quantitative estimate of drug-likeness (QED) is 0.477. The fraction of sp³-hybridized carbons (Fsp3) is 0.409. The van der Waals surface area contributed by atoms with Gasteiger partial charge in [-0.25, -0.2) is 4.98 Å². The van der Waals surface area contributed by atoms with Crippen molar-refractivity contribution in [2.24, 2.45) is 0 Å². The summed E-state index contributed by atoms with van der Waals surface area (Å²) in [6, 6.07) is 13.8. The first-order chi connectivity index (χ1) is 14.8. The summed E-state index contributed by atoms with van der Waals surface area (Å²) in [5.74, 6) is -0.307. The van der Waals surface area contributed by atoms with Crippen LogP contribution >= 0.6 is 0 Å². The van der Waals surface area contributed by atoms with Crippen molar-refractivity contribution in [3.63, 3.8) is 0 Å². The SMILES string of the molecule is CN(Cc1ccc(OCCCO)cc1)C[C@@H](O)Cn1c(C(F)(F)F)nc2ccccc21. The normalized spacial score (nSPS) is 13.1. The molecule has 0 aliphatic heterocycles. The van der Waals surface area contributed by atoms with Crippen LogP contribution in [0.3, 0.4) is 0 Å². The number of nitrogens with zero attached hydrogens (tertiary/aromatic N) is 3. The maximum Gasteiger partial charge on any atom is 0.449 e. The van der Waals surface area contributed by atoms with E-state index in [9.17, 15) is 18.3 Å². The first-order valence-electron chi connectivity index (χ1n) is 9.99. The molecule has 0 amide bonds. The summed E-state index contributed by atoms with van der Waals surface area (Å²) in [6.45, 7) is 1.01. The Morgan fingerprint density at radius 1 is 1.13 bits per heavy atom. The average molecular weight is 437 g/mol. The van der Waals surface area contributed by atoms with E-state index in [-0.39, 0.29) is 25.2 Å². The zero-order valence-electron chi connectivity index (χ0n) is 17.2. The highest BCUT2D eigenvalue weighted by atomic mass is 19.4. The summed E-state index contributed by atoms with van der Waals surface area (Å²) in [4.78, 5) is 5.55. The van der Waals surface area contributed by atoms with Crippen molar-refractivity contribution in [1.82, 2.24) is 14.5 Å². The summed E-state index contributed by atoms with van der Waals surface area (Å²) in [5, 5.41) is 19.3. The van der Waals surface area contributed by atoms with Crippen molar-refractivity contribution in [3.8, 4) is 5.75 Å². The van der Waals surface area contributed by atoms with Gasteiger partial charge in [-0.05, 0) is 36.9 Å². The van der Waals surface area contributed by atoms with E-state index in [0.29, 0.717) is 30.8 Å². The van der Waals surface area contributed by atoms with Crippen LogP contribution in [-0.4, -0.2) is 57.6 Å². The molecule has 1 heterocycles. The number of likely N-dealkylation sites (N-methyl/N-ethyl adjacent to an activating group) is 1. The second-order valence-electron chi connectivity index (χ2n) is 7.45. The third kappa shape index (κ3) is 6.19. The molecule has 0 unspecified atom stereocenters. The van der Waals surface area contributed by atoms with Crippen LogP contribution in [0.2, 0.25) is 0 Å². The molecule has 0 radical (unpaired) electrons. The van der Waals surface area contributed by atoms with Gasteiger partial charge in [-0.2, -0.15) is 13.2 Å². The molecule has 1 atom stereocenters. The number of halogens is 3. The molecule has 2 aromatic carbocycles. The van der Waals surface area contributed by atoms with E-state index < -0.39 is 18.1 Å². The highest BCUT2D eigenvalue weighted by molar-refractivity contribution is 5.76. The van der Waals surface area contributed by atoms with E-state index in [4.69, 9.17) is 9.84 Å². The molecular formula is C22H26F3N3O3. The third-order valence-corrected chi connectivity index (χ3v) is 4.77. The van der Waals surface area contributed by atoms with Crippen molar-refractivity contribution in [1.29, 1.82) is 0 Å². The average Bonchev–Trinajstić information content (AvgIpc) is 3.08. The first kappa shape index (κ1) is 23.1. The van der Waals surface area contributed by atoms with E-state index in [0.717, 1.165) is 10.1 Å².